The lowest BCUT2D eigenvalue weighted by Crippen LogP contribution is -2.28. The number of para-hydroxylation sites is 2. The van der Waals surface area contributed by atoms with Gasteiger partial charge in [0, 0.05) is 27.5 Å². The van der Waals surface area contributed by atoms with Gasteiger partial charge in [-0.3, -0.25) is 0 Å². The molecule has 11 rings (SSSR count). The number of fused-ring (bicyclic) bond motifs is 6. The molecule has 2 aromatic heterocycles. The van der Waals surface area contributed by atoms with E-state index in [1.807, 2.05) is 30.3 Å². The van der Waals surface area contributed by atoms with E-state index in [4.69, 9.17) is 14.4 Å². The van der Waals surface area contributed by atoms with Crippen LogP contribution in [0.15, 0.2) is 211 Å². The monoisotopic (exact) mass is 714 g/mol. The Morgan fingerprint density at radius 1 is 0.357 bits per heavy atom. The first-order valence-electron chi connectivity index (χ1n) is 19.1. The predicted molar refractivity (Wildman–Crippen MR) is 228 cm³/mol. The van der Waals surface area contributed by atoms with E-state index in [0.717, 1.165) is 61.1 Å². The summed E-state index contributed by atoms with van der Waals surface area (Å²) < 4.78 is 6.52. The number of hydrogen-bond acceptors (Lipinski definition) is 3. The van der Waals surface area contributed by atoms with Crippen LogP contribution in [-0.4, -0.2) is 9.97 Å². The molecule has 0 saturated heterocycles. The standard InChI is InChI=1S/C53H34N2O/c1-4-17-35(18-5-1)52-54-48(34-49(55-52)45-28-16-27-44-43-26-13-15-30-50(43)56-51(44)45)42-25-11-10-23-39(42)36-31-32-41-40-24-12-14-29-46(40)53(47(41)33-36,37-19-6-2-7-20-37)38-21-8-3-9-22-38/h1-34H. The van der Waals surface area contributed by atoms with Gasteiger partial charge in [-0.15, -0.1) is 0 Å². The van der Waals surface area contributed by atoms with Crippen molar-refractivity contribution in [2.45, 2.75) is 5.41 Å². The molecule has 1 aliphatic rings. The highest BCUT2D eigenvalue weighted by Crippen LogP contribution is 2.57. The van der Waals surface area contributed by atoms with Crippen LogP contribution in [-0.2, 0) is 5.41 Å². The van der Waals surface area contributed by atoms with Crippen LogP contribution in [0, 0.1) is 0 Å². The lowest BCUT2D eigenvalue weighted by molar-refractivity contribution is 0.670. The molecule has 10 aromatic rings. The van der Waals surface area contributed by atoms with E-state index < -0.39 is 5.41 Å². The Hall–Kier alpha value is -7.36. The topological polar surface area (TPSA) is 38.9 Å². The molecule has 0 fully saturated rings. The van der Waals surface area contributed by atoms with E-state index in [2.05, 4.69) is 176 Å². The van der Waals surface area contributed by atoms with Crippen LogP contribution < -0.4 is 0 Å². The molecule has 0 aliphatic heterocycles. The fourth-order valence-corrected chi connectivity index (χ4v) is 8.96. The SMILES string of the molecule is c1ccc(-c2nc(-c3ccccc3-c3ccc4c(c3)C(c3ccccc3)(c3ccccc3)c3ccccc3-4)cc(-c3cccc4c3oc3ccccc34)n2)cc1. The van der Waals surface area contributed by atoms with Crippen molar-refractivity contribution in [2.24, 2.45) is 0 Å². The number of aromatic nitrogens is 2. The first-order valence-corrected chi connectivity index (χ1v) is 19.1. The van der Waals surface area contributed by atoms with E-state index in [-0.39, 0.29) is 0 Å². The van der Waals surface area contributed by atoms with Gasteiger partial charge in [-0.05, 0) is 68.8 Å². The van der Waals surface area contributed by atoms with Gasteiger partial charge in [-0.1, -0.05) is 182 Å². The zero-order valence-electron chi connectivity index (χ0n) is 30.4. The first kappa shape index (κ1) is 32.1. The predicted octanol–water partition coefficient (Wildman–Crippen LogP) is 13.4. The smallest absolute Gasteiger partial charge is 0.160 e. The molecule has 3 nitrogen and oxygen atoms in total. The van der Waals surface area contributed by atoms with Gasteiger partial charge in [0.2, 0.25) is 0 Å². The minimum absolute atomic E-state index is 0.493. The van der Waals surface area contributed by atoms with E-state index in [9.17, 15) is 0 Å². The molecule has 56 heavy (non-hydrogen) atoms. The Kier molecular flexibility index (Phi) is 7.39. The fourth-order valence-electron chi connectivity index (χ4n) is 8.96. The van der Waals surface area contributed by atoms with Gasteiger partial charge in [-0.25, -0.2) is 9.97 Å². The Labute approximate surface area is 325 Å². The van der Waals surface area contributed by atoms with E-state index in [1.165, 1.54) is 33.4 Å². The molecule has 0 N–H and O–H groups in total. The largest absolute Gasteiger partial charge is 0.455 e. The molecule has 0 spiro atoms. The number of furan rings is 1. The van der Waals surface area contributed by atoms with Crippen molar-refractivity contribution in [2.75, 3.05) is 0 Å². The summed E-state index contributed by atoms with van der Waals surface area (Å²) in [5.41, 5.74) is 15.6. The second-order valence-corrected chi connectivity index (χ2v) is 14.4. The molecular weight excluding hydrogens is 681 g/mol. The van der Waals surface area contributed by atoms with Gasteiger partial charge in [0.25, 0.3) is 0 Å². The fraction of sp³-hybridized carbons (Fsp3) is 0.0189. The van der Waals surface area contributed by atoms with Crippen LogP contribution >= 0.6 is 0 Å². The molecule has 0 radical (unpaired) electrons. The Bertz CT molecular complexity index is 3040. The van der Waals surface area contributed by atoms with Crippen LogP contribution in [0.5, 0.6) is 0 Å². The van der Waals surface area contributed by atoms with Gasteiger partial charge in [-0.2, -0.15) is 0 Å². The van der Waals surface area contributed by atoms with E-state index in [1.54, 1.807) is 0 Å². The number of rotatable bonds is 6. The molecule has 0 amide bonds. The summed E-state index contributed by atoms with van der Waals surface area (Å²) in [6, 6.07) is 73.3. The Morgan fingerprint density at radius 2 is 0.911 bits per heavy atom. The quantitative estimate of drug-likeness (QED) is 0.172. The van der Waals surface area contributed by atoms with Crippen LogP contribution in [0.4, 0.5) is 0 Å². The average Bonchev–Trinajstić information content (AvgIpc) is 3.81. The summed E-state index contributed by atoms with van der Waals surface area (Å²) in [7, 11) is 0. The summed E-state index contributed by atoms with van der Waals surface area (Å²) in [5.74, 6) is 0.664. The second-order valence-electron chi connectivity index (χ2n) is 14.4. The molecule has 2 heterocycles. The van der Waals surface area contributed by atoms with E-state index >= 15 is 0 Å². The zero-order valence-corrected chi connectivity index (χ0v) is 30.4. The third-order valence-corrected chi connectivity index (χ3v) is 11.4. The molecular formula is C53H34N2O. The average molecular weight is 715 g/mol. The summed E-state index contributed by atoms with van der Waals surface area (Å²) in [6.45, 7) is 0. The summed E-state index contributed by atoms with van der Waals surface area (Å²) in [6.07, 6.45) is 0. The van der Waals surface area contributed by atoms with Crippen molar-refractivity contribution >= 4 is 21.9 Å². The van der Waals surface area contributed by atoms with Gasteiger partial charge in [0.1, 0.15) is 11.2 Å². The minimum Gasteiger partial charge on any atom is -0.455 e. The maximum absolute atomic E-state index is 6.52. The maximum Gasteiger partial charge on any atom is 0.160 e. The molecule has 0 bridgehead atoms. The highest BCUT2D eigenvalue weighted by molar-refractivity contribution is 6.09. The number of nitrogens with zero attached hydrogens (tertiary/aromatic N) is 2. The Balaban J connectivity index is 1.14. The third-order valence-electron chi connectivity index (χ3n) is 11.4. The normalized spacial score (nSPS) is 12.8. The third kappa shape index (κ3) is 4.91. The summed E-state index contributed by atoms with van der Waals surface area (Å²) >= 11 is 0. The molecule has 8 aromatic carbocycles. The van der Waals surface area contributed by atoms with Gasteiger partial charge < -0.3 is 4.42 Å². The molecule has 3 heteroatoms. The highest BCUT2D eigenvalue weighted by Gasteiger charge is 2.46. The zero-order chi connectivity index (χ0) is 37.1. The lowest BCUT2D eigenvalue weighted by Gasteiger charge is -2.34. The molecule has 0 atom stereocenters. The van der Waals surface area contributed by atoms with E-state index in [0.29, 0.717) is 5.82 Å². The molecule has 262 valence electrons. The van der Waals surface area contributed by atoms with Crippen LogP contribution in [0.25, 0.3) is 78.1 Å². The highest BCUT2D eigenvalue weighted by atomic mass is 16.3. The maximum atomic E-state index is 6.52. The summed E-state index contributed by atoms with van der Waals surface area (Å²) in [4.78, 5) is 10.5. The number of benzene rings is 8. The molecule has 0 saturated carbocycles. The van der Waals surface area contributed by atoms with Gasteiger partial charge >= 0.3 is 0 Å². The Morgan fingerprint density at radius 3 is 1.66 bits per heavy atom. The second kappa shape index (κ2) is 12.9. The van der Waals surface area contributed by atoms with Crippen molar-refractivity contribution in [3.8, 4) is 56.2 Å². The van der Waals surface area contributed by atoms with Crippen molar-refractivity contribution < 1.29 is 4.42 Å². The number of hydrogen-bond donors (Lipinski definition) is 0. The molecule has 1 aliphatic carbocycles. The lowest BCUT2D eigenvalue weighted by atomic mass is 9.67. The first-order chi connectivity index (χ1) is 27.8. The van der Waals surface area contributed by atoms with Crippen molar-refractivity contribution in [1.29, 1.82) is 0 Å². The van der Waals surface area contributed by atoms with Gasteiger partial charge in [0.15, 0.2) is 5.82 Å². The molecule has 0 unspecified atom stereocenters. The van der Waals surface area contributed by atoms with Crippen LogP contribution in [0.3, 0.4) is 0 Å². The summed E-state index contributed by atoms with van der Waals surface area (Å²) in [5, 5.41) is 2.16. The van der Waals surface area contributed by atoms with Crippen molar-refractivity contribution in [1.82, 2.24) is 9.97 Å². The van der Waals surface area contributed by atoms with Crippen molar-refractivity contribution in [3.63, 3.8) is 0 Å². The van der Waals surface area contributed by atoms with Crippen molar-refractivity contribution in [3.05, 3.63) is 229 Å². The minimum atomic E-state index is -0.493. The van der Waals surface area contributed by atoms with Crippen LogP contribution in [0.2, 0.25) is 0 Å². The van der Waals surface area contributed by atoms with Crippen LogP contribution in [0.1, 0.15) is 22.3 Å². The van der Waals surface area contributed by atoms with Gasteiger partial charge in [0.05, 0.1) is 16.8 Å².